The van der Waals surface area contributed by atoms with Crippen LogP contribution in [0.25, 0.3) is 0 Å². The molecule has 98 valence electrons. The number of hydrogen-bond acceptors (Lipinski definition) is 3. The van der Waals surface area contributed by atoms with Gasteiger partial charge in [-0.15, -0.1) is 11.8 Å². The summed E-state index contributed by atoms with van der Waals surface area (Å²) in [6.45, 7) is 2.01. The van der Waals surface area contributed by atoms with Gasteiger partial charge in [0.1, 0.15) is 0 Å². The number of nitrogens with one attached hydrogen (secondary N) is 1. The monoisotopic (exact) mass is 273 g/mol. The highest BCUT2D eigenvalue weighted by molar-refractivity contribution is 7.98. The Balaban J connectivity index is 2.34. The molecule has 0 unspecified atom stereocenters. The number of aryl methyl sites for hydroxylation is 1. The van der Waals surface area contributed by atoms with Gasteiger partial charge in [0.15, 0.2) is 0 Å². The van der Waals surface area contributed by atoms with Crippen LogP contribution < -0.4 is 5.32 Å². The molecule has 2 aromatic carbocycles. The van der Waals surface area contributed by atoms with Gasteiger partial charge in [-0.25, -0.2) is 4.79 Å². The van der Waals surface area contributed by atoms with Gasteiger partial charge in [0.05, 0.1) is 11.3 Å². The summed E-state index contributed by atoms with van der Waals surface area (Å²) in [5.74, 6) is -0.929. The summed E-state index contributed by atoms with van der Waals surface area (Å²) in [6, 6.07) is 13.0. The van der Waals surface area contributed by atoms with Crippen LogP contribution in [0.5, 0.6) is 0 Å². The largest absolute Gasteiger partial charge is 0.478 e. The van der Waals surface area contributed by atoms with Gasteiger partial charge < -0.3 is 10.4 Å². The van der Waals surface area contributed by atoms with E-state index < -0.39 is 5.97 Å². The first-order valence-electron chi connectivity index (χ1n) is 5.86. The second-order valence-electron chi connectivity index (χ2n) is 4.16. The number of carboxylic acids is 1. The van der Waals surface area contributed by atoms with Crippen LogP contribution in [0.1, 0.15) is 15.9 Å². The normalized spacial score (nSPS) is 10.2. The molecular weight excluding hydrogens is 258 g/mol. The highest BCUT2D eigenvalue weighted by Crippen LogP contribution is 2.26. The third-order valence-corrected chi connectivity index (χ3v) is 3.59. The maximum Gasteiger partial charge on any atom is 0.337 e. The number of anilines is 2. The molecule has 0 aliphatic heterocycles. The summed E-state index contributed by atoms with van der Waals surface area (Å²) in [5, 5.41) is 12.3. The predicted molar refractivity (Wildman–Crippen MR) is 79.6 cm³/mol. The highest BCUT2D eigenvalue weighted by atomic mass is 32.2. The molecule has 0 saturated carbocycles. The Hall–Kier alpha value is -1.94. The van der Waals surface area contributed by atoms with Crippen LogP contribution in [0.4, 0.5) is 11.4 Å². The molecule has 0 aliphatic rings. The van der Waals surface area contributed by atoms with Crippen LogP contribution in [0, 0.1) is 6.92 Å². The maximum atomic E-state index is 11.2. The molecule has 0 radical (unpaired) electrons. The van der Waals surface area contributed by atoms with Gasteiger partial charge in [-0.3, -0.25) is 0 Å². The van der Waals surface area contributed by atoms with E-state index >= 15 is 0 Å². The van der Waals surface area contributed by atoms with Gasteiger partial charge in [0.25, 0.3) is 0 Å². The third kappa shape index (κ3) is 3.09. The van der Waals surface area contributed by atoms with E-state index in [2.05, 4.69) is 11.4 Å². The molecule has 2 aromatic rings. The van der Waals surface area contributed by atoms with Crippen molar-refractivity contribution < 1.29 is 9.90 Å². The molecule has 0 aromatic heterocycles. The second kappa shape index (κ2) is 5.80. The number of benzene rings is 2. The van der Waals surface area contributed by atoms with Crippen molar-refractivity contribution in [2.45, 2.75) is 11.8 Å². The molecule has 2 rings (SSSR count). The summed E-state index contributed by atoms with van der Waals surface area (Å²) in [4.78, 5) is 12.3. The van der Waals surface area contributed by atoms with Crippen LogP contribution in [0.15, 0.2) is 47.4 Å². The van der Waals surface area contributed by atoms with Crippen LogP contribution in [-0.4, -0.2) is 17.3 Å². The fraction of sp³-hybridized carbons (Fsp3) is 0.133. The number of hydrogen-bond donors (Lipinski definition) is 2. The van der Waals surface area contributed by atoms with Gasteiger partial charge in [-0.05, 0) is 49.1 Å². The molecule has 19 heavy (non-hydrogen) atoms. The van der Waals surface area contributed by atoms with Crippen molar-refractivity contribution in [3.63, 3.8) is 0 Å². The summed E-state index contributed by atoms with van der Waals surface area (Å²) in [5.41, 5.74) is 2.89. The van der Waals surface area contributed by atoms with Gasteiger partial charge in [-0.2, -0.15) is 0 Å². The van der Waals surface area contributed by atoms with Crippen molar-refractivity contribution in [1.29, 1.82) is 0 Å². The van der Waals surface area contributed by atoms with Gasteiger partial charge >= 0.3 is 5.97 Å². The van der Waals surface area contributed by atoms with E-state index in [-0.39, 0.29) is 5.56 Å². The van der Waals surface area contributed by atoms with E-state index in [1.807, 2.05) is 31.4 Å². The van der Waals surface area contributed by atoms with Crippen molar-refractivity contribution in [3.8, 4) is 0 Å². The van der Waals surface area contributed by atoms with E-state index in [9.17, 15) is 4.79 Å². The Bertz CT molecular complexity index is 611. The van der Waals surface area contributed by atoms with Crippen molar-refractivity contribution in [1.82, 2.24) is 0 Å². The zero-order valence-corrected chi connectivity index (χ0v) is 11.6. The fourth-order valence-electron chi connectivity index (χ4n) is 1.83. The zero-order chi connectivity index (χ0) is 13.8. The lowest BCUT2D eigenvalue weighted by Crippen LogP contribution is -2.03. The van der Waals surface area contributed by atoms with Crippen molar-refractivity contribution in [2.24, 2.45) is 0 Å². The Kier molecular flexibility index (Phi) is 4.12. The first-order valence-corrected chi connectivity index (χ1v) is 7.08. The smallest absolute Gasteiger partial charge is 0.337 e. The Labute approximate surface area is 116 Å². The average Bonchev–Trinajstić information content (AvgIpc) is 2.41. The van der Waals surface area contributed by atoms with E-state index in [1.54, 1.807) is 30.0 Å². The quantitative estimate of drug-likeness (QED) is 0.821. The predicted octanol–water partition coefficient (Wildman–Crippen LogP) is 4.16. The summed E-state index contributed by atoms with van der Waals surface area (Å²) in [6.07, 6.45) is 2.03. The van der Waals surface area contributed by atoms with Gasteiger partial charge in [0.2, 0.25) is 0 Å². The number of aromatic carboxylic acids is 1. The molecule has 0 spiro atoms. The lowest BCUT2D eigenvalue weighted by molar-refractivity contribution is 0.0698. The van der Waals surface area contributed by atoms with Crippen LogP contribution in [0.3, 0.4) is 0 Å². The Morgan fingerprint density at radius 2 is 1.89 bits per heavy atom. The molecule has 3 nitrogen and oxygen atoms in total. The topological polar surface area (TPSA) is 49.3 Å². The third-order valence-electron chi connectivity index (χ3n) is 2.86. The summed E-state index contributed by atoms with van der Waals surface area (Å²) in [7, 11) is 0. The molecule has 0 atom stereocenters. The number of para-hydroxylation sites is 1. The number of carboxylic acid groups (broad SMARTS) is 1. The van der Waals surface area contributed by atoms with Crippen molar-refractivity contribution >= 4 is 29.1 Å². The van der Waals surface area contributed by atoms with Crippen LogP contribution >= 0.6 is 11.8 Å². The highest BCUT2D eigenvalue weighted by Gasteiger charge is 2.09. The van der Waals surface area contributed by atoms with E-state index in [4.69, 9.17) is 5.11 Å². The SMILES string of the molecule is CSc1ccc(Nc2ccccc2C(=O)O)c(C)c1. The number of thioether (sulfide) groups is 1. The molecule has 0 bridgehead atoms. The molecule has 2 N–H and O–H groups in total. The zero-order valence-electron chi connectivity index (χ0n) is 10.8. The van der Waals surface area contributed by atoms with E-state index in [0.29, 0.717) is 5.69 Å². The first kappa shape index (κ1) is 13.5. The molecule has 0 fully saturated rings. The second-order valence-corrected chi connectivity index (χ2v) is 5.04. The molecular formula is C15H15NO2S. The van der Waals surface area contributed by atoms with Gasteiger partial charge in [-0.1, -0.05) is 12.1 Å². The minimum atomic E-state index is -0.929. The van der Waals surface area contributed by atoms with Crippen LogP contribution in [-0.2, 0) is 0 Å². The lowest BCUT2D eigenvalue weighted by atomic mass is 10.1. The first-order chi connectivity index (χ1) is 9.11. The Morgan fingerprint density at radius 3 is 2.53 bits per heavy atom. The summed E-state index contributed by atoms with van der Waals surface area (Å²) < 4.78 is 0. The minimum Gasteiger partial charge on any atom is -0.478 e. The number of rotatable bonds is 4. The lowest BCUT2D eigenvalue weighted by Gasteiger charge is -2.12. The van der Waals surface area contributed by atoms with Crippen LogP contribution in [0.2, 0.25) is 0 Å². The Morgan fingerprint density at radius 1 is 1.16 bits per heavy atom. The molecule has 0 amide bonds. The van der Waals surface area contributed by atoms with E-state index in [0.717, 1.165) is 11.3 Å². The standard InChI is InChI=1S/C15H15NO2S/c1-10-9-11(19-2)7-8-13(10)16-14-6-4-3-5-12(14)15(17)18/h3-9,16H,1-2H3,(H,17,18). The molecule has 0 saturated heterocycles. The number of carbonyl (C=O) groups is 1. The molecule has 0 heterocycles. The molecule has 4 heteroatoms. The van der Waals surface area contributed by atoms with Crippen molar-refractivity contribution in [3.05, 3.63) is 53.6 Å². The van der Waals surface area contributed by atoms with Crippen molar-refractivity contribution in [2.75, 3.05) is 11.6 Å². The van der Waals surface area contributed by atoms with E-state index in [1.165, 1.54) is 4.90 Å². The maximum absolute atomic E-state index is 11.2. The fourth-order valence-corrected chi connectivity index (χ4v) is 2.33. The minimum absolute atomic E-state index is 0.274. The molecule has 0 aliphatic carbocycles. The average molecular weight is 273 g/mol. The summed E-state index contributed by atoms with van der Waals surface area (Å²) >= 11 is 1.68. The van der Waals surface area contributed by atoms with Gasteiger partial charge in [0, 0.05) is 10.6 Å².